The molecule has 1 saturated carbocycles. The fourth-order valence-corrected chi connectivity index (χ4v) is 5.95. The van der Waals surface area contributed by atoms with Gasteiger partial charge in [-0.05, 0) is 75.8 Å². The van der Waals surface area contributed by atoms with Crippen LogP contribution in [-0.2, 0) is 11.3 Å². The molecule has 1 aliphatic carbocycles. The Morgan fingerprint density at radius 2 is 1.79 bits per heavy atom. The molecule has 2 atom stereocenters. The third-order valence-corrected chi connectivity index (χ3v) is 8.40. The maximum absolute atomic E-state index is 14.9. The van der Waals surface area contributed by atoms with E-state index in [1.807, 2.05) is 14.1 Å². The summed E-state index contributed by atoms with van der Waals surface area (Å²) in [7, 11) is 3.97. The van der Waals surface area contributed by atoms with Crippen LogP contribution in [0.3, 0.4) is 0 Å². The van der Waals surface area contributed by atoms with Crippen LogP contribution in [0.25, 0.3) is 11.3 Å². The number of carbonyl (C=O) groups excluding carboxylic acids is 1. The number of benzene rings is 3. The van der Waals surface area contributed by atoms with Crippen LogP contribution < -0.4 is 16.4 Å². The maximum atomic E-state index is 14.9. The van der Waals surface area contributed by atoms with Gasteiger partial charge in [-0.2, -0.15) is 0 Å². The Balaban J connectivity index is 0.00000433. The summed E-state index contributed by atoms with van der Waals surface area (Å²) in [5, 5.41) is 5.99. The van der Waals surface area contributed by atoms with E-state index < -0.39 is 17.5 Å². The average Bonchev–Trinajstić information content (AvgIpc) is 3.47. The van der Waals surface area contributed by atoms with Crippen molar-refractivity contribution in [1.29, 1.82) is 0 Å². The van der Waals surface area contributed by atoms with E-state index in [1.165, 1.54) is 36.4 Å². The highest BCUT2D eigenvalue weighted by molar-refractivity contribution is 6.31. The first-order chi connectivity index (χ1) is 22.1. The molecule has 1 amide bonds. The number of fused-ring (bicyclic) bond motifs is 3. The van der Waals surface area contributed by atoms with Crippen molar-refractivity contribution in [3.63, 3.8) is 0 Å². The number of carbonyl (C=O) groups is 1. The van der Waals surface area contributed by atoms with Gasteiger partial charge in [-0.1, -0.05) is 31.2 Å². The summed E-state index contributed by atoms with van der Waals surface area (Å²) < 4.78 is 44.4. The summed E-state index contributed by atoms with van der Waals surface area (Å²) in [6.45, 7) is 0.0576. The molecule has 4 aromatic rings. The predicted molar refractivity (Wildman–Crippen MR) is 179 cm³/mol. The Morgan fingerprint density at radius 1 is 1.02 bits per heavy atom. The summed E-state index contributed by atoms with van der Waals surface area (Å²) in [5.74, 6) is -2.64. The molecule has 0 spiro atoms. The number of guanidine groups is 1. The molecule has 0 radical (unpaired) electrons. The number of nitrogens with zero attached hydrogens (tertiary/aromatic N) is 5. The van der Waals surface area contributed by atoms with E-state index in [4.69, 9.17) is 17.3 Å². The molecule has 1 aromatic heterocycles. The summed E-state index contributed by atoms with van der Waals surface area (Å²) in [6.07, 6.45) is 3.92. The van der Waals surface area contributed by atoms with E-state index in [9.17, 15) is 18.0 Å². The molecule has 0 saturated heterocycles. The van der Waals surface area contributed by atoms with Crippen molar-refractivity contribution in [1.82, 2.24) is 20.2 Å². The van der Waals surface area contributed by atoms with Crippen molar-refractivity contribution in [3.05, 3.63) is 100.0 Å². The highest BCUT2D eigenvalue weighted by Crippen LogP contribution is 2.35. The molecular weight excluding hydrogens is 629 g/mol. The van der Waals surface area contributed by atoms with Crippen LogP contribution in [-0.4, -0.2) is 52.6 Å². The SMILES string of the molecule is C.CN(C)C1CCC(C(=O)NC(N)=Nc2cc(Nc3ncc4c(n3)-c3ccc(Cl)cc3C(c3c(F)cccc3F)=NC4)ccc2F)C1. The number of halogens is 4. The van der Waals surface area contributed by atoms with Crippen LogP contribution in [0.15, 0.2) is 70.8 Å². The zero-order chi connectivity index (χ0) is 32.5. The third-order valence-electron chi connectivity index (χ3n) is 8.16. The molecule has 9 nitrogen and oxygen atoms in total. The van der Waals surface area contributed by atoms with Crippen LogP contribution in [0.1, 0.15) is 43.4 Å². The topological polar surface area (TPSA) is 121 Å². The first-order valence-corrected chi connectivity index (χ1v) is 15.0. The largest absolute Gasteiger partial charge is 0.369 e. The normalized spacial score (nSPS) is 17.3. The lowest BCUT2D eigenvalue weighted by Gasteiger charge is -2.18. The van der Waals surface area contributed by atoms with Gasteiger partial charge in [0.15, 0.2) is 0 Å². The minimum atomic E-state index is -0.754. The average molecular weight is 663 g/mol. The number of hydrogen-bond acceptors (Lipinski definition) is 7. The Hall–Kier alpha value is -4.81. The van der Waals surface area contributed by atoms with Crippen LogP contribution in [0.5, 0.6) is 0 Å². The predicted octanol–water partition coefficient (Wildman–Crippen LogP) is 6.74. The minimum Gasteiger partial charge on any atom is -0.369 e. The number of hydrogen-bond donors (Lipinski definition) is 3. The van der Waals surface area contributed by atoms with Gasteiger partial charge in [-0.25, -0.2) is 28.1 Å². The standard InChI is InChI=1S/C33H30ClF3N8O.CH4/c1-45(2)21-9-6-17(12-21)31(46)44-32(38)42-27-14-20(8-11-24(27)35)41-33-40-16-18-15-39-30(28-25(36)4-3-5-26(28)37)23-13-19(34)7-10-22(23)29(18)43-33;/h3-5,7-8,10-11,13-14,16-17,21H,6,9,12,15H2,1-2H3,(H,40,41,43)(H3,38,42,44,46);1H4. The molecule has 1 fully saturated rings. The lowest BCUT2D eigenvalue weighted by atomic mass is 9.95. The van der Waals surface area contributed by atoms with Crippen molar-refractivity contribution in [3.8, 4) is 11.3 Å². The molecule has 2 aliphatic rings. The van der Waals surface area contributed by atoms with E-state index in [-0.39, 0.29) is 54.7 Å². The highest BCUT2D eigenvalue weighted by Gasteiger charge is 2.31. The summed E-state index contributed by atoms with van der Waals surface area (Å²) >= 11 is 6.31. The van der Waals surface area contributed by atoms with Crippen molar-refractivity contribution >= 4 is 46.5 Å². The first kappa shape index (κ1) is 33.6. The van der Waals surface area contributed by atoms with E-state index in [0.717, 1.165) is 12.8 Å². The van der Waals surface area contributed by atoms with E-state index >= 15 is 0 Å². The van der Waals surface area contributed by atoms with Crippen molar-refractivity contribution in [2.45, 2.75) is 39.3 Å². The van der Waals surface area contributed by atoms with Gasteiger partial charge in [0.05, 0.1) is 23.5 Å². The molecule has 6 rings (SSSR count). The van der Waals surface area contributed by atoms with Gasteiger partial charge >= 0.3 is 0 Å². The van der Waals surface area contributed by atoms with Crippen LogP contribution >= 0.6 is 11.6 Å². The third kappa shape index (κ3) is 7.13. The van der Waals surface area contributed by atoms with Crippen molar-refractivity contribution in [2.24, 2.45) is 21.6 Å². The van der Waals surface area contributed by atoms with Gasteiger partial charge in [-0.3, -0.25) is 15.1 Å². The molecule has 47 heavy (non-hydrogen) atoms. The number of nitrogens with one attached hydrogen (secondary N) is 2. The van der Waals surface area contributed by atoms with E-state index in [1.54, 1.807) is 24.4 Å². The van der Waals surface area contributed by atoms with Gasteiger partial charge in [0, 0.05) is 45.6 Å². The van der Waals surface area contributed by atoms with Gasteiger partial charge in [0.25, 0.3) is 0 Å². The number of aliphatic imine (C=N–C) groups is 2. The first-order valence-electron chi connectivity index (χ1n) is 14.6. The Labute approximate surface area is 275 Å². The molecular formula is C34H34ClF3N8O. The molecule has 0 bridgehead atoms. The molecule has 3 aromatic carbocycles. The highest BCUT2D eigenvalue weighted by atomic mass is 35.5. The second kappa shape index (κ2) is 13.9. The summed E-state index contributed by atoms with van der Waals surface area (Å²) in [4.78, 5) is 32.5. The smallest absolute Gasteiger partial charge is 0.229 e. The molecule has 13 heteroatoms. The van der Waals surface area contributed by atoms with Gasteiger partial charge in [0.2, 0.25) is 17.8 Å². The molecule has 2 unspecified atom stereocenters. The second-order valence-corrected chi connectivity index (χ2v) is 11.9. The van der Waals surface area contributed by atoms with Crippen molar-refractivity contribution < 1.29 is 18.0 Å². The maximum Gasteiger partial charge on any atom is 0.229 e. The molecule has 1 aliphatic heterocycles. The second-order valence-electron chi connectivity index (χ2n) is 11.4. The van der Waals surface area contributed by atoms with Gasteiger partial charge in [0.1, 0.15) is 23.1 Å². The fourth-order valence-electron chi connectivity index (χ4n) is 5.78. The summed E-state index contributed by atoms with van der Waals surface area (Å²) in [5.41, 5.74) is 8.20. The van der Waals surface area contributed by atoms with Crippen LogP contribution in [0.4, 0.5) is 30.5 Å². The zero-order valence-electron chi connectivity index (χ0n) is 25.0. The number of aromatic nitrogens is 2. The quantitative estimate of drug-likeness (QED) is 0.155. The number of anilines is 2. The minimum absolute atomic E-state index is 0. The monoisotopic (exact) mass is 662 g/mol. The van der Waals surface area contributed by atoms with Gasteiger partial charge in [-0.15, -0.1) is 0 Å². The number of nitrogens with two attached hydrogens (primary N) is 1. The zero-order valence-corrected chi connectivity index (χ0v) is 25.7. The molecule has 2 heterocycles. The summed E-state index contributed by atoms with van der Waals surface area (Å²) in [6, 6.07) is 13.0. The van der Waals surface area contributed by atoms with Crippen molar-refractivity contribution in [2.75, 3.05) is 19.4 Å². The molecule has 4 N–H and O–H groups in total. The van der Waals surface area contributed by atoms with Crippen LogP contribution in [0.2, 0.25) is 5.02 Å². The molecule has 244 valence electrons. The Bertz CT molecular complexity index is 1880. The van der Waals surface area contributed by atoms with E-state index in [0.29, 0.717) is 45.6 Å². The number of amides is 1. The number of rotatable bonds is 6. The Morgan fingerprint density at radius 3 is 2.51 bits per heavy atom. The van der Waals surface area contributed by atoms with Crippen LogP contribution in [0, 0.1) is 23.4 Å². The van der Waals surface area contributed by atoms with E-state index in [2.05, 4.69) is 35.5 Å². The Kier molecular flexibility index (Phi) is 9.92. The lowest BCUT2D eigenvalue weighted by Crippen LogP contribution is -2.40. The van der Waals surface area contributed by atoms with Gasteiger partial charge < -0.3 is 16.0 Å². The fraction of sp³-hybridized carbons (Fsp3) is 0.265. The lowest BCUT2D eigenvalue weighted by molar-refractivity contribution is -0.123.